The monoisotopic (exact) mass is 920 g/mol. The summed E-state index contributed by atoms with van der Waals surface area (Å²) in [5, 5.41) is 9.81. The summed E-state index contributed by atoms with van der Waals surface area (Å²) in [4.78, 5) is 4.87. The number of hydrogen-bond donors (Lipinski definition) is 0. The van der Waals surface area contributed by atoms with Crippen LogP contribution in [0.3, 0.4) is 0 Å². The van der Waals surface area contributed by atoms with Crippen molar-refractivity contribution in [1.82, 2.24) is 0 Å². The molecule has 0 aliphatic heterocycles. The van der Waals surface area contributed by atoms with E-state index in [1.807, 2.05) is 0 Å². The summed E-state index contributed by atoms with van der Waals surface area (Å²) < 4.78 is 0. The minimum Gasteiger partial charge on any atom is -0.310 e. The summed E-state index contributed by atoms with van der Waals surface area (Å²) >= 11 is 0. The van der Waals surface area contributed by atoms with Gasteiger partial charge in [-0.05, 0) is 175 Å². The van der Waals surface area contributed by atoms with Crippen molar-refractivity contribution in [2.24, 2.45) is 0 Å². The van der Waals surface area contributed by atoms with Gasteiger partial charge in [0.2, 0.25) is 0 Å². The maximum atomic E-state index is 2.48. The van der Waals surface area contributed by atoms with Crippen LogP contribution in [0, 0.1) is 0 Å². The molecule has 0 spiro atoms. The molecule has 342 valence electrons. The first-order valence-electron chi connectivity index (χ1n) is 25.3. The maximum Gasteiger partial charge on any atom is 0.0540 e. The molecular formula is C70H52N2. The first-order valence-corrected chi connectivity index (χ1v) is 25.3. The van der Waals surface area contributed by atoms with E-state index in [1.165, 1.54) is 87.6 Å². The molecule has 0 fully saturated rings. The van der Waals surface area contributed by atoms with Gasteiger partial charge < -0.3 is 9.80 Å². The second kappa shape index (κ2) is 18.7. The lowest BCUT2D eigenvalue weighted by Gasteiger charge is -2.29. The Balaban J connectivity index is 1.10. The second-order valence-electron chi connectivity index (χ2n) is 19.1. The van der Waals surface area contributed by atoms with Crippen molar-refractivity contribution in [3.63, 3.8) is 0 Å². The normalized spacial score (nSPS) is 13.5. The van der Waals surface area contributed by atoms with E-state index in [0.29, 0.717) is 0 Å². The summed E-state index contributed by atoms with van der Waals surface area (Å²) in [5.41, 5.74) is 17.1. The van der Waals surface area contributed by atoms with Crippen molar-refractivity contribution in [3.05, 3.63) is 284 Å². The van der Waals surface area contributed by atoms with Crippen LogP contribution in [0.4, 0.5) is 34.1 Å². The minimum atomic E-state index is 0.952. The van der Waals surface area contributed by atoms with Gasteiger partial charge in [-0.15, -0.1) is 0 Å². The maximum absolute atomic E-state index is 2.48. The molecule has 2 aliphatic rings. The van der Waals surface area contributed by atoms with Crippen LogP contribution in [0.15, 0.2) is 278 Å². The molecule has 0 atom stereocenters. The van der Waals surface area contributed by atoms with Crippen LogP contribution < -0.4 is 9.80 Å². The highest BCUT2D eigenvalue weighted by atomic mass is 15.1. The second-order valence-corrected chi connectivity index (χ2v) is 19.1. The highest BCUT2D eigenvalue weighted by Crippen LogP contribution is 2.49. The molecule has 0 radical (unpaired) electrons. The summed E-state index contributed by atoms with van der Waals surface area (Å²) in [6.07, 6.45) is 15.8. The van der Waals surface area contributed by atoms with Crippen molar-refractivity contribution in [1.29, 1.82) is 0 Å². The highest BCUT2D eigenvalue weighted by Gasteiger charge is 2.25. The van der Waals surface area contributed by atoms with Gasteiger partial charge in [-0.2, -0.15) is 0 Å². The van der Waals surface area contributed by atoms with Crippen LogP contribution >= 0.6 is 0 Å². The van der Waals surface area contributed by atoms with Gasteiger partial charge in [-0.3, -0.25) is 0 Å². The Morgan fingerprint density at radius 3 is 1.51 bits per heavy atom. The van der Waals surface area contributed by atoms with Gasteiger partial charge in [0.25, 0.3) is 0 Å². The number of nitrogens with zero attached hydrogens (tertiary/aromatic N) is 2. The van der Waals surface area contributed by atoms with Crippen LogP contribution in [0.25, 0.3) is 70.9 Å². The molecular weight excluding hydrogens is 869 g/mol. The third-order valence-corrected chi connectivity index (χ3v) is 14.8. The highest BCUT2D eigenvalue weighted by molar-refractivity contribution is 6.20. The number of benzene rings is 11. The molecule has 0 saturated carbocycles. The Hall–Kier alpha value is -8.98. The quantitative estimate of drug-likeness (QED) is 0.126. The molecule has 0 unspecified atom stereocenters. The predicted molar refractivity (Wildman–Crippen MR) is 308 cm³/mol. The van der Waals surface area contributed by atoms with E-state index in [9.17, 15) is 0 Å². The zero-order chi connectivity index (χ0) is 47.8. The van der Waals surface area contributed by atoms with E-state index in [4.69, 9.17) is 0 Å². The molecule has 0 amide bonds. The lowest BCUT2D eigenvalue weighted by molar-refractivity contribution is 0.906. The van der Waals surface area contributed by atoms with Crippen LogP contribution in [-0.4, -0.2) is 0 Å². The molecule has 0 aromatic heterocycles. The first kappa shape index (κ1) is 43.1. The van der Waals surface area contributed by atoms with Gasteiger partial charge >= 0.3 is 0 Å². The third-order valence-electron chi connectivity index (χ3n) is 14.8. The SMILES string of the molecule is C1=CCCC(C2=CC=C(c3c4cc(N(c5ccccc5)c5ccc6ccccc6c5)ccc4c(-c4ccc(-c5ccccc5)cc4)c4cc(N(c5ccccc5)c5cccc6ccccc56)ccc34)CC2)=C1. The van der Waals surface area contributed by atoms with E-state index < -0.39 is 0 Å². The smallest absolute Gasteiger partial charge is 0.0540 e. The largest absolute Gasteiger partial charge is 0.310 e. The third kappa shape index (κ3) is 7.98. The number of allylic oxidation sites excluding steroid dienone is 8. The van der Waals surface area contributed by atoms with Crippen molar-refractivity contribution in [2.45, 2.75) is 25.7 Å². The average molecular weight is 921 g/mol. The van der Waals surface area contributed by atoms with E-state index in [-0.39, 0.29) is 0 Å². The molecule has 0 bridgehead atoms. The van der Waals surface area contributed by atoms with Crippen LogP contribution in [0.5, 0.6) is 0 Å². The summed E-state index contributed by atoms with van der Waals surface area (Å²) in [6.45, 7) is 0. The fourth-order valence-electron chi connectivity index (χ4n) is 11.3. The predicted octanol–water partition coefficient (Wildman–Crippen LogP) is 20.0. The van der Waals surface area contributed by atoms with E-state index in [0.717, 1.165) is 59.8 Å². The molecule has 11 aromatic carbocycles. The molecule has 0 saturated heterocycles. The Morgan fingerprint density at radius 2 is 0.806 bits per heavy atom. The van der Waals surface area contributed by atoms with Crippen molar-refractivity contribution < 1.29 is 0 Å². The van der Waals surface area contributed by atoms with Crippen molar-refractivity contribution >= 4 is 82.8 Å². The Bertz CT molecular complexity index is 3950. The van der Waals surface area contributed by atoms with Crippen molar-refractivity contribution in [2.75, 3.05) is 9.80 Å². The number of anilines is 6. The van der Waals surface area contributed by atoms with Gasteiger partial charge in [0.1, 0.15) is 0 Å². The molecule has 11 aromatic rings. The van der Waals surface area contributed by atoms with Gasteiger partial charge in [-0.1, -0.05) is 200 Å². The summed E-state index contributed by atoms with van der Waals surface area (Å²) in [5.74, 6) is 0. The number of fused-ring (bicyclic) bond motifs is 4. The molecule has 2 aliphatic carbocycles. The summed E-state index contributed by atoms with van der Waals surface area (Å²) in [6, 6.07) is 87.0. The molecule has 2 nitrogen and oxygen atoms in total. The molecule has 0 heterocycles. The summed E-state index contributed by atoms with van der Waals surface area (Å²) in [7, 11) is 0. The Labute approximate surface area is 422 Å². The van der Waals surface area contributed by atoms with Crippen LogP contribution in [0.2, 0.25) is 0 Å². The van der Waals surface area contributed by atoms with Gasteiger partial charge in [0.15, 0.2) is 0 Å². The fourth-order valence-corrected chi connectivity index (χ4v) is 11.3. The lowest BCUT2D eigenvalue weighted by Crippen LogP contribution is -2.11. The Morgan fingerprint density at radius 1 is 0.278 bits per heavy atom. The number of hydrogen-bond acceptors (Lipinski definition) is 2. The average Bonchev–Trinajstić information content (AvgIpc) is 3.46. The van der Waals surface area contributed by atoms with Gasteiger partial charge in [-0.25, -0.2) is 0 Å². The first-order chi connectivity index (χ1) is 35.7. The number of para-hydroxylation sites is 2. The number of rotatable bonds is 10. The zero-order valence-corrected chi connectivity index (χ0v) is 40.1. The van der Waals surface area contributed by atoms with E-state index in [1.54, 1.807) is 0 Å². The molecule has 72 heavy (non-hydrogen) atoms. The van der Waals surface area contributed by atoms with Crippen LogP contribution in [0.1, 0.15) is 31.2 Å². The van der Waals surface area contributed by atoms with E-state index >= 15 is 0 Å². The standard InChI is InChI=1S/C70H52N2/c1-5-18-49(19-6-1)52-32-36-55(37-33-52)69-65-45-43-62(72(59-28-11-4-12-29-59)68-31-17-25-54-23-15-16-30-63(54)68)48-67(65)70(56-38-34-53(35-39-56)50-20-7-2-8-21-50)64-44-42-61(47-66(64)69)71(58-26-9-3-10-27-58)60-41-40-51-22-13-14-24-57(51)46-60/h1-5,7-18,20-32,34-36,38-48H,6,19,33,37H2. The minimum absolute atomic E-state index is 0.952. The van der Waals surface area contributed by atoms with Gasteiger partial charge in [0.05, 0.1) is 5.69 Å². The zero-order valence-electron chi connectivity index (χ0n) is 40.1. The topological polar surface area (TPSA) is 6.48 Å². The van der Waals surface area contributed by atoms with Gasteiger partial charge in [0, 0.05) is 33.8 Å². The molecule has 0 N–H and O–H groups in total. The van der Waals surface area contributed by atoms with Crippen molar-refractivity contribution in [3.8, 4) is 22.3 Å². The lowest BCUT2D eigenvalue weighted by atomic mass is 9.81. The molecule has 2 heteroatoms. The molecule has 13 rings (SSSR count). The Kier molecular flexibility index (Phi) is 11.2. The van der Waals surface area contributed by atoms with E-state index in [2.05, 4.69) is 277 Å². The fraction of sp³-hybridized carbons (Fsp3) is 0.0571. The van der Waals surface area contributed by atoms with Crippen LogP contribution in [-0.2, 0) is 0 Å².